The number of carbonyl (C=O) groups is 1. The zero-order chi connectivity index (χ0) is 17.8. The van der Waals surface area contributed by atoms with Crippen molar-refractivity contribution in [3.8, 4) is 0 Å². The zero-order valence-corrected chi connectivity index (χ0v) is 15.1. The fourth-order valence-electron chi connectivity index (χ4n) is 2.62. The molecule has 0 radical (unpaired) electrons. The fourth-order valence-corrected chi connectivity index (χ4v) is 2.84. The van der Waals surface area contributed by atoms with Crippen LogP contribution in [-0.2, 0) is 4.74 Å². The van der Waals surface area contributed by atoms with E-state index in [1.54, 1.807) is 19.2 Å². The number of Topliss-reactive ketones (excluding diaryl/α,β-unsaturated/α-hetero) is 1. The number of halogens is 1. The Morgan fingerprint density at radius 3 is 2.80 bits per heavy atom. The molecule has 0 aliphatic carbocycles. The van der Waals surface area contributed by atoms with Crippen LogP contribution >= 0.6 is 11.6 Å². The zero-order valence-electron chi connectivity index (χ0n) is 14.3. The van der Waals surface area contributed by atoms with Gasteiger partial charge in [0.2, 0.25) is 5.95 Å². The van der Waals surface area contributed by atoms with Crippen LogP contribution in [0.1, 0.15) is 28.9 Å². The normalized spacial score (nSPS) is 14.0. The van der Waals surface area contributed by atoms with E-state index < -0.39 is 0 Å². The number of hydrogen-bond donors (Lipinski definition) is 2. The minimum absolute atomic E-state index is 0.0432. The van der Waals surface area contributed by atoms with Gasteiger partial charge in [-0.1, -0.05) is 11.6 Å². The molecule has 1 aromatic carbocycles. The third kappa shape index (κ3) is 4.46. The minimum Gasteiger partial charge on any atom is -0.381 e. The summed E-state index contributed by atoms with van der Waals surface area (Å²) in [5, 5.41) is 6.59. The molecular formula is C18H21ClN4O2. The largest absolute Gasteiger partial charge is 0.381 e. The molecule has 0 bridgehead atoms. The number of nitrogens with zero attached hydrogens (tertiary/aromatic N) is 2. The third-order valence-electron chi connectivity index (χ3n) is 4.12. The molecule has 1 aliphatic heterocycles. The highest BCUT2D eigenvalue weighted by Crippen LogP contribution is 2.26. The summed E-state index contributed by atoms with van der Waals surface area (Å²) in [6.45, 7) is 3.40. The Hall–Kier alpha value is -2.18. The molecule has 2 N–H and O–H groups in total. The molecule has 0 unspecified atom stereocenters. The van der Waals surface area contributed by atoms with Crippen LogP contribution in [0.15, 0.2) is 24.3 Å². The van der Waals surface area contributed by atoms with Gasteiger partial charge < -0.3 is 15.4 Å². The number of ketones is 1. The highest BCUT2D eigenvalue weighted by Gasteiger charge is 2.20. The number of aryl methyl sites for hydroxylation is 1. The van der Waals surface area contributed by atoms with Crippen molar-refractivity contribution in [3.63, 3.8) is 0 Å². The van der Waals surface area contributed by atoms with Crippen LogP contribution in [0.4, 0.5) is 17.5 Å². The highest BCUT2D eigenvalue weighted by atomic mass is 35.5. The van der Waals surface area contributed by atoms with Crippen LogP contribution in [0, 0.1) is 12.8 Å². The van der Waals surface area contributed by atoms with Gasteiger partial charge in [-0.2, -0.15) is 4.98 Å². The van der Waals surface area contributed by atoms with Crippen LogP contribution in [-0.4, -0.2) is 36.0 Å². The van der Waals surface area contributed by atoms with Crippen molar-refractivity contribution in [2.45, 2.75) is 19.8 Å². The Morgan fingerprint density at radius 1 is 1.32 bits per heavy atom. The van der Waals surface area contributed by atoms with Gasteiger partial charge in [0.25, 0.3) is 0 Å². The summed E-state index contributed by atoms with van der Waals surface area (Å²) in [4.78, 5) is 21.2. The maximum absolute atomic E-state index is 12.5. The summed E-state index contributed by atoms with van der Waals surface area (Å²) in [6.07, 6.45) is 1.31. The van der Waals surface area contributed by atoms with E-state index in [1.807, 2.05) is 19.1 Å². The number of hydrogen-bond acceptors (Lipinski definition) is 6. The van der Waals surface area contributed by atoms with Gasteiger partial charge in [-0.25, -0.2) is 4.98 Å². The number of benzene rings is 1. The van der Waals surface area contributed by atoms with Crippen LogP contribution < -0.4 is 10.6 Å². The van der Waals surface area contributed by atoms with E-state index in [0.29, 0.717) is 28.9 Å². The van der Waals surface area contributed by atoms with Crippen LogP contribution in [0.25, 0.3) is 0 Å². The maximum Gasteiger partial charge on any atom is 0.229 e. The second kappa shape index (κ2) is 7.80. The molecule has 0 amide bonds. The van der Waals surface area contributed by atoms with Crippen LogP contribution in [0.2, 0.25) is 5.02 Å². The molecule has 7 heteroatoms. The quantitative estimate of drug-likeness (QED) is 0.731. The number of rotatable bonds is 7. The van der Waals surface area contributed by atoms with Gasteiger partial charge in [0.1, 0.15) is 5.82 Å². The Labute approximate surface area is 152 Å². The smallest absolute Gasteiger partial charge is 0.229 e. The lowest BCUT2D eigenvalue weighted by atomic mass is 9.97. The van der Waals surface area contributed by atoms with Crippen LogP contribution in [0.5, 0.6) is 0 Å². The van der Waals surface area contributed by atoms with Gasteiger partial charge >= 0.3 is 0 Å². The number of anilines is 3. The standard InChI is InChI=1S/C18H21ClN4O2/c1-11-7-17(20-2)23-18(21-11)22-13-4-5-15(19)14(8-13)16(24)6-3-12-9-25-10-12/h4-5,7-8,12H,3,6,9-10H2,1-2H3,(H2,20,21,22,23). The molecule has 0 spiro atoms. The monoisotopic (exact) mass is 360 g/mol. The van der Waals surface area contributed by atoms with Gasteiger partial charge in [0, 0.05) is 42.4 Å². The predicted molar refractivity (Wildman–Crippen MR) is 98.9 cm³/mol. The molecule has 1 fully saturated rings. The summed E-state index contributed by atoms with van der Waals surface area (Å²) >= 11 is 6.22. The fraction of sp³-hybridized carbons (Fsp3) is 0.389. The number of aromatic nitrogens is 2. The molecule has 3 rings (SSSR count). The molecule has 132 valence electrons. The summed E-state index contributed by atoms with van der Waals surface area (Å²) < 4.78 is 5.14. The predicted octanol–water partition coefficient (Wildman–Crippen LogP) is 3.83. The lowest BCUT2D eigenvalue weighted by Crippen LogP contribution is -2.27. The Kier molecular flexibility index (Phi) is 5.50. The van der Waals surface area contributed by atoms with E-state index in [2.05, 4.69) is 20.6 Å². The molecular weight excluding hydrogens is 340 g/mol. The Morgan fingerprint density at radius 2 is 2.12 bits per heavy atom. The van der Waals surface area contributed by atoms with Gasteiger partial charge in [-0.3, -0.25) is 4.79 Å². The number of carbonyl (C=O) groups excluding carboxylic acids is 1. The second-order valence-electron chi connectivity index (χ2n) is 6.15. The molecule has 0 atom stereocenters. The molecule has 0 saturated carbocycles. The van der Waals surface area contributed by atoms with Crippen molar-refractivity contribution >= 4 is 34.8 Å². The minimum atomic E-state index is 0.0432. The summed E-state index contributed by atoms with van der Waals surface area (Å²) in [7, 11) is 1.80. The van der Waals surface area contributed by atoms with E-state index in [-0.39, 0.29) is 5.78 Å². The first-order valence-electron chi connectivity index (χ1n) is 8.26. The molecule has 2 heterocycles. The summed E-state index contributed by atoms with van der Waals surface area (Å²) in [6, 6.07) is 7.14. The Balaban J connectivity index is 1.74. The summed E-state index contributed by atoms with van der Waals surface area (Å²) in [5.74, 6) is 1.73. The molecule has 6 nitrogen and oxygen atoms in total. The lowest BCUT2D eigenvalue weighted by molar-refractivity contribution is -0.0353. The van der Waals surface area contributed by atoms with Crippen molar-refractivity contribution in [3.05, 3.63) is 40.5 Å². The van der Waals surface area contributed by atoms with Gasteiger partial charge in [-0.15, -0.1) is 0 Å². The number of ether oxygens (including phenoxy) is 1. The van der Waals surface area contributed by atoms with Crippen molar-refractivity contribution < 1.29 is 9.53 Å². The maximum atomic E-state index is 12.5. The Bertz CT molecular complexity index is 778. The first-order chi connectivity index (χ1) is 12.0. The topological polar surface area (TPSA) is 76.1 Å². The average Bonchev–Trinajstić information content (AvgIpc) is 2.54. The molecule has 2 aromatic rings. The van der Waals surface area contributed by atoms with E-state index in [4.69, 9.17) is 16.3 Å². The van der Waals surface area contributed by atoms with Gasteiger partial charge in [0.15, 0.2) is 5.78 Å². The summed E-state index contributed by atoms with van der Waals surface area (Å²) in [5.41, 5.74) is 2.09. The third-order valence-corrected chi connectivity index (χ3v) is 4.45. The van der Waals surface area contributed by atoms with E-state index in [1.165, 1.54) is 0 Å². The van der Waals surface area contributed by atoms with Gasteiger partial charge in [-0.05, 0) is 31.5 Å². The van der Waals surface area contributed by atoms with Crippen molar-refractivity contribution in [1.82, 2.24) is 9.97 Å². The molecule has 1 aromatic heterocycles. The van der Waals surface area contributed by atoms with Crippen LogP contribution in [0.3, 0.4) is 0 Å². The number of nitrogens with one attached hydrogen (secondary N) is 2. The molecule has 1 saturated heterocycles. The first-order valence-corrected chi connectivity index (χ1v) is 8.64. The van der Waals surface area contributed by atoms with E-state index in [9.17, 15) is 4.79 Å². The second-order valence-corrected chi connectivity index (χ2v) is 6.56. The molecule has 25 heavy (non-hydrogen) atoms. The highest BCUT2D eigenvalue weighted by molar-refractivity contribution is 6.34. The SMILES string of the molecule is CNc1cc(C)nc(Nc2ccc(Cl)c(C(=O)CCC3COC3)c2)n1. The van der Waals surface area contributed by atoms with Gasteiger partial charge in [0.05, 0.1) is 18.2 Å². The van der Waals surface area contributed by atoms with Crippen molar-refractivity contribution in [2.75, 3.05) is 30.9 Å². The lowest BCUT2D eigenvalue weighted by Gasteiger charge is -2.25. The first kappa shape index (κ1) is 17.6. The van der Waals surface area contributed by atoms with E-state index >= 15 is 0 Å². The average molecular weight is 361 g/mol. The molecule has 1 aliphatic rings. The van der Waals surface area contributed by atoms with E-state index in [0.717, 1.165) is 36.8 Å². The van der Waals surface area contributed by atoms with Crippen molar-refractivity contribution in [2.24, 2.45) is 5.92 Å². The van der Waals surface area contributed by atoms with Crippen molar-refractivity contribution in [1.29, 1.82) is 0 Å².